The van der Waals surface area contributed by atoms with E-state index in [4.69, 9.17) is 0 Å². The molecule has 2 amide bonds. The van der Waals surface area contributed by atoms with Gasteiger partial charge >= 0.3 is 6.03 Å². The fraction of sp³-hybridized carbons (Fsp3) is 0.923. The number of nitrogens with zero attached hydrogens (tertiary/aromatic N) is 1. The van der Waals surface area contributed by atoms with Gasteiger partial charge in [0.1, 0.15) is 0 Å². The maximum Gasteiger partial charge on any atom is 0.316 e. The van der Waals surface area contributed by atoms with Crippen LogP contribution >= 0.6 is 0 Å². The minimum absolute atomic E-state index is 0.0127. The van der Waals surface area contributed by atoms with Gasteiger partial charge in [0.15, 0.2) is 0 Å². The zero-order valence-electron chi connectivity index (χ0n) is 11.3. The summed E-state index contributed by atoms with van der Waals surface area (Å²) in [6.07, 6.45) is 8.35. The molecule has 0 heterocycles. The first-order chi connectivity index (χ1) is 8.20. The summed E-state index contributed by atoms with van der Waals surface area (Å²) in [5, 5.41) is 6.30. The molecule has 0 atom stereocenters. The van der Waals surface area contributed by atoms with Crippen LogP contribution in [0.3, 0.4) is 0 Å². The summed E-state index contributed by atoms with van der Waals surface area (Å²) in [5.41, 5.74) is 0. The normalized spacial score (nSPS) is 17.5. The molecule has 1 fully saturated rings. The highest BCUT2D eigenvalue weighted by atomic mass is 16.2. The van der Waals surface area contributed by atoms with E-state index in [0.29, 0.717) is 6.54 Å². The summed E-state index contributed by atoms with van der Waals surface area (Å²) >= 11 is 0. The highest BCUT2D eigenvalue weighted by molar-refractivity contribution is 5.73. The third-order valence-electron chi connectivity index (χ3n) is 3.39. The molecular formula is C13H27N3O. The van der Waals surface area contributed by atoms with Gasteiger partial charge in [-0.05, 0) is 25.3 Å². The summed E-state index contributed by atoms with van der Waals surface area (Å²) in [6.45, 7) is 2.69. The van der Waals surface area contributed by atoms with E-state index in [-0.39, 0.29) is 6.03 Å². The lowest BCUT2D eigenvalue weighted by Gasteiger charge is -2.16. The molecule has 1 saturated carbocycles. The number of hydrogen-bond acceptors (Lipinski definition) is 2. The summed E-state index contributed by atoms with van der Waals surface area (Å²) < 4.78 is 0. The number of nitrogens with one attached hydrogen (secondary N) is 2. The van der Waals surface area contributed by atoms with Crippen molar-refractivity contribution in [3.63, 3.8) is 0 Å². The lowest BCUT2D eigenvalue weighted by Crippen LogP contribution is -2.39. The standard InChI is InChI=1S/C13H27N3O/c1-16(2)13(17)15-10-9-14-11-12-7-5-3-4-6-8-12/h12,14H,3-11H2,1-2H3,(H,15,17). The minimum Gasteiger partial charge on any atom is -0.337 e. The highest BCUT2D eigenvalue weighted by Gasteiger charge is 2.11. The first-order valence-electron chi connectivity index (χ1n) is 6.86. The Morgan fingerprint density at radius 3 is 2.35 bits per heavy atom. The molecule has 0 aromatic heterocycles. The van der Waals surface area contributed by atoms with Gasteiger partial charge in [-0.25, -0.2) is 4.79 Å². The van der Waals surface area contributed by atoms with Gasteiger partial charge in [-0.2, -0.15) is 0 Å². The van der Waals surface area contributed by atoms with Crippen LogP contribution in [0.25, 0.3) is 0 Å². The van der Waals surface area contributed by atoms with Crippen molar-refractivity contribution in [1.29, 1.82) is 0 Å². The van der Waals surface area contributed by atoms with Gasteiger partial charge in [0.25, 0.3) is 0 Å². The number of carbonyl (C=O) groups excluding carboxylic acids is 1. The van der Waals surface area contributed by atoms with Crippen LogP contribution < -0.4 is 10.6 Å². The molecule has 4 heteroatoms. The van der Waals surface area contributed by atoms with Crippen molar-refractivity contribution in [3.8, 4) is 0 Å². The molecule has 1 aliphatic carbocycles. The van der Waals surface area contributed by atoms with E-state index in [1.807, 2.05) is 0 Å². The van der Waals surface area contributed by atoms with Crippen LogP contribution in [0.2, 0.25) is 0 Å². The Morgan fingerprint density at radius 1 is 1.12 bits per heavy atom. The molecule has 4 nitrogen and oxygen atoms in total. The van der Waals surface area contributed by atoms with Gasteiger partial charge in [0, 0.05) is 27.2 Å². The summed E-state index contributed by atoms with van der Waals surface area (Å²) in [6, 6.07) is -0.0127. The van der Waals surface area contributed by atoms with Gasteiger partial charge in [0.05, 0.1) is 0 Å². The molecule has 17 heavy (non-hydrogen) atoms. The zero-order valence-corrected chi connectivity index (χ0v) is 11.3. The molecular weight excluding hydrogens is 214 g/mol. The lowest BCUT2D eigenvalue weighted by atomic mass is 10.0. The van der Waals surface area contributed by atoms with Gasteiger partial charge in [0.2, 0.25) is 0 Å². The predicted molar refractivity (Wildman–Crippen MR) is 71.1 cm³/mol. The summed E-state index contributed by atoms with van der Waals surface area (Å²) in [5.74, 6) is 0.849. The SMILES string of the molecule is CN(C)C(=O)NCCNCC1CCCCCC1. The third-order valence-corrected chi connectivity index (χ3v) is 3.39. The maximum absolute atomic E-state index is 11.2. The lowest BCUT2D eigenvalue weighted by molar-refractivity contribution is 0.217. The minimum atomic E-state index is -0.0127. The van der Waals surface area contributed by atoms with Crippen molar-refractivity contribution in [2.75, 3.05) is 33.7 Å². The van der Waals surface area contributed by atoms with E-state index >= 15 is 0 Å². The molecule has 100 valence electrons. The van der Waals surface area contributed by atoms with Gasteiger partial charge in [-0.3, -0.25) is 0 Å². The number of urea groups is 1. The third kappa shape index (κ3) is 6.51. The second-order valence-electron chi connectivity index (χ2n) is 5.19. The zero-order chi connectivity index (χ0) is 12.5. The van der Waals surface area contributed by atoms with Crippen LogP contribution in [-0.4, -0.2) is 44.7 Å². The predicted octanol–water partition coefficient (Wildman–Crippen LogP) is 1.82. The first-order valence-corrected chi connectivity index (χ1v) is 6.86. The average molecular weight is 241 g/mol. The van der Waals surface area contributed by atoms with E-state index < -0.39 is 0 Å². The molecule has 0 aromatic rings. The van der Waals surface area contributed by atoms with E-state index in [1.165, 1.54) is 38.5 Å². The summed E-state index contributed by atoms with van der Waals surface area (Å²) in [7, 11) is 3.52. The molecule has 1 aliphatic rings. The Hall–Kier alpha value is -0.770. The van der Waals surface area contributed by atoms with Crippen molar-refractivity contribution in [2.24, 2.45) is 5.92 Å². The van der Waals surface area contributed by atoms with Crippen LogP contribution in [0.15, 0.2) is 0 Å². The summed E-state index contributed by atoms with van der Waals surface area (Å²) in [4.78, 5) is 12.8. The number of hydrogen-bond donors (Lipinski definition) is 2. The van der Waals surface area contributed by atoms with Crippen LogP contribution in [0.1, 0.15) is 38.5 Å². The van der Waals surface area contributed by atoms with Gasteiger partial charge in [-0.15, -0.1) is 0 Å². The van der Waals surface area contributed by atoms with E-state index in [0.717, 1.165) is 19.0 Å². The Kier molecular flexibility index (Phi) is 7.01. The van der Waals surface area contributed by atoms with Crippen LogP contribution in [0.4, 0.5) is 4.79 Å². The largest absolute Gasteiger partial charge is 0.337 e. The van der Waals surface area contributed by atoms with Crippen molar-refractivity contribution in [2.45, 2.75) is 38.5 Å². The fourth-order valence-electron chi connectivity index (χ4n) is 2.29. The topological polar surface area (TPSA) is 44.4 Å². The second kappa shape index (κ2) is 8.34. The quantitative estimate of drug-likeness (QED) is 0.569. The maximum atomic E-state index is 11.2. The van der Waals surface area contributed by atoms with E-state index in [1.54, 1.807) is 19.0 Å². The Labute approximate surface area is 105 Å². The molecule has 0 radical (unpaired) electrons. The van der Waals surface area contributed by atoms with Gasteiger partial charge in [-0.1, -0.05) is 25.7 Å². The first kappa shape index (κ1) is 14.3. The second-order valence-corrected chi connectivity index (χ2v) is 5.19. The van der Waals surface area contributed by atoms with E-state index in [2.05, 4.69) is 10.6 Å². The van der Waals surface area contributed by atoms with E-state index in [9.17, 15) is 4.79 Å². The fourth-order valence-corrected chi connectivity index (χ4v) is 2.29. The van der Waals surface area contributed by atoms with Crippen LogP contribution in [0, 0.1) is 5.92 Å². The highest BCUT2D eigenvalue weighted by Crippen LogP contribution is 2.21. The molecule has 0 bridgehead atoms. The van der Waals surface area contributed by atoms with Crippen molar-refractivity contribution < 1.29 is 4.79 Å². The van der Waals surface area contributed by atoms with Crippen molar-refractivity contribution in [3.05, 3.63) is 0 Å². The Balaban J connectivity index is 1.98. The van der Waals surface area contributed by atoms with Gasteiger partial charge < -0.3 is 15.5 Å². The molecule has 0 saturated heterocycles. The number of amides is 2. The number of rotatable bonds is 5. The molecule has 2 N–H and O–H groups in total. The molecule has 0 spiro atoms. The Morgan fingerprint density at radius 2 is 1.76 bits per heavy atom. The molecule has 0 unspecified atom stereocenters. The van der Waals surface area contributed by atoms with Crippen molar-refractivity contribution in [1.82, 2.24) is 15.5 Å². The smallest absolute Gasteiger partial charge is 0.316 e. The molecule has 1 rings (SSSR count). The monoisotopic (exact) mass is 241 g/mol. The van der Waals surface area contributed by atoms with Crippen LogP contribution in [-0.2, 0) is 0 Å². The number of carbonyl (C=O) groups is 1. The Bertz CT molecular complexity index is 211. The molecule has 0 aliphatic heterocycles. The van der Waals surface area contributed by atoms with Crippen LogP contribution in [0.5, 0.6) is 0 Å². The van der Waals surface area contributed by atoms with Crippen molar-refractivity contribution >= 4 is 6.03 Å². The molecule has 0 aromatic carbocycles. The average Bonchev–Trinajstić information content (AvgIpc) is 2.56.